The number of aliphatic carboxylic acids is 1. The van der Waals surface area contributed by atoms with E-state index in [0.717, 1.165) is 41.0 Å². The number of para-hydroxylation sites is 1. The first-order chi connectivity index (χ1) is 15.6. The fourth-order valence-corrected chi connectivity index (χ4v) is 3.40. The van der Waals surface area contributed by atoms with Crippen molar-refractivity contribution in [3.8, 4) is 17.1 Å². The number of carboxylic acid groups (broad SMARTS) is 1. The molecule has 32 heavy (non-hydrogen) atoms. The lowest BCUT2D eigenvalue weighted by atomic mass is 9.99. The summed E-state index contributed by atoms with van der Waals surface area (Å²) in [5.41, 5.74) is 10.4. The highest BCUT2D eigenvalue weighted by Gasteiger charge is 2.10. The number of unbranched alkanes of at least 4 members (excludes halogenated alkanes) is 2. The zero-order valence-electron chi connectivity index (χ0n) is 17.9. The van der Waals surface area contributed by atoms with E-state index in [0.29, 0.717) is 30.7 Å². The van der Waals surface area contributed by atoms with Crippen molar-refractivity contribution in [2.24, 2.45) is 5.73 Å². The third kappa shape index (κ3) is 6.35. The Bertz CT molecular complexity index is 1050. The normalized spacial score (nSPS) is 11.6. The lowest BCUT2D eigenvalue weighted by Crippen LogP contribution is -2.07. The highest BCUT2D eigenvalue weighted by Crippen LogP contribution is 2.26. The minimum absolute atomic E-state index is 0.186. The summed E-state index contributed by atoms with van der Waals surface area (Å²) in [6, 6.07) is 19.2. The average molecular weight is 433 g/mol. The molecule has 0 radical (unpaired) electrons. The van der Waals surface area contributed by atoms with Gasteiger partial charge < -0.3 is 25.4 Å². The van der Waals surface area contributed by atoms with Gasteiger partial charge in [-0.25, -0.2) is 0 Å². The Balaban J connectivity index is 1.67. The molecule has 2 aromatic carbocycles. The molecule has 0 saturated carbocycles. The molecule has 6 nitrogen and oxygen atoms in total. The van der Waals surface area contributed by atoms with Crippen LogP contribution in [0.15, 0.2) is 76.9 Å². The van der Waals surface area contributed by atoms with Gasteiger partial charge in [0.2, 0.25) is 0 Å². The summed E-state index contributed by atoms with van der Waals surface area (Å²) in [6.45, 7) is 0.518. The number of rotatable bonds is 12. The molecule has 3 rings (SSSR count). The van der Waals surface area contributed by atoms with E-state index < -0.39 is 5.97 Å². The van der Waals surface area contributed by atoms with Crippen LogP contribution in [0.5, 0.6) is 5.75 Å². The topological polar surface area (TPSA) is 110 Å². The Morgan fingerprint density at radius 2 is 1.81 bits per heavy atom. The smallest absolute Gasteiger partial charge is 0.303 e. The van der Waals surface area contributed by atoms with E-state index >= 15 is 0 Å². The number of carbonyl (C=O) groups is 1. The van der Waals surface area contributed by atoms with Crippen molar-refractivity contribution in [3.05, 3.63) is 83.6 Å². The maximum atomic E-state index is 10.6. The Morgan fingerprint density at radius 1 is 1.03 bits per heavy atom. The summed E-state index contributed by atoms with van der Waals surface area (Å²) in [5, 5.41) is 16.6. The van der Waals surface area contributed by atoms with Crippen LogP contribution in [-0.4, -0.2) is 23.9 Å². The quantitative estimate of drug-likeness (QED) is 0.257. The van der Waals surface area contributed by atoms with Crippen molar-refractivity contribution in [1.29, 1.82) is 5.41 Å². The zero-order valence-corrected chi connectivity index (χ0v) is 17.9. The number of ether oxygens (including phenoxy) is 1. The van der Waals surface area contributed by atoms with E-state index in [2.05, 4.69) is 0 Å². The number of furan rings is 1. The van der Waals surface area contributed by atoms with Crippen LogP contribution in [-0.2, 0) is 11.2 Å². The predicted molar refractivity (Wildman–Crippen MR) is 126 cm³/mol. The van der Waals surface area contributed by atoms with Gasteiger partial charge in [0.25, 0.3) is 0 Å². The molecule has 3 aromatic rings. The van der Waals surface area contributed by atoms with Gasteiger partial charge in [-0.3, -0.25) is 4.79 Å². The lowest BCUT2D eigenvalue weighted by Gasteiger charge is -2.13. The molecule has 0 aliphatic rings. The second kappa shape index (κ2) is 11.6. The van der Waals surface area contributed by atoms with Crippen molar-refractivity contribution in [2.45, 2.75) is 32.1 Å². The van der Waals surface area contributed by atoms with Crippen molar-refractivity contribution in [1.82, 2.24) is 0 Å². The molecule has 0 fully saturated rings. The molecular weight excluding hydrogens is 404 g/mol. The second-order valence-corrected chi connectivity index (χ2v) is 7.48. The summed E-state index contributed by atoms with van der Waals surface area (Å²) in [5.74, 6) is 0.780. The lowest BCUT2D eigenvalue weighted by molar-refractivity contribution is -0.137. The number of hydrogen-bond acceptors (Lipinski definition) is 5. The van der Waals surface area contributed by atoms with E-state index in [9.17, 15) is 4.79 Å². The average Bonchev–Trinajstić information content (AvgIpc) is 3.35. The third-order valence-electron chi connectivity index (χ3n) is 5.17. The SMILES string of the molecule is N=CC(Cc1ccccc1OCCCCCC(=O)O)=C(N)c1ccc(-c2ccco2)cc1. The molecule has 0 atom stereocenters. The number of carboxylic acids is 1. The summed E-state index contributed by atoms with van der Waals surface area (Å²) in [6.07, 6.45) is 5.84. The largest absolute Gasteiger partial charge is 0.493 e. The van der Waals surface area contributed by atoms with Crippen LogP contribution in [0.4, 0.5) is 0 Å². The van der Waals surface area contributed by atoms with E-state index in [1.54, 1.807) is 6.26 Å². The Morgan fingerprint density at radius 3 is 2.50 bits per heavy atom. The maximum absolute atomic E-state index is 10.6. The first-order valence-electron chi connectivity index (χ1n) is 10.6. The predicted octanol–water partition coefficient (Wildman–Crippen LogP) is 5.53. The molecule has 0 aliphatic carbocycles. The number of nitrogens with two attached hydrogens (primary N) is 1. The van der Waals surface area contributed by atoms with Gasteiger partial charge in [0, 0.05) is 30.3 Å². The van der Waals surface area contributed by atoms with Crippen LogP contribution < -0.4 is 10.5 Å². The number of hydrogen-bond donors (Lipinski definition) is 3. The van der Waals surface area contributed by atoms with E-state index in [4.69, 9.17) is 25.4 Å². The standard InChI is InChI=1S/C26H28N2O4/c27-18-22(26(28)20-13-11-19(12-14-20)23-9-6-16-32-23)17-21-7-3-4-8-24(21)31-15-5-1-2-10-25(29)30/h3-4,6-9,11-14,16,18,27H,1-2,5,10,15,17,28H2,(H,29,30). The number of allylic oxidation sites excluding steroid dienone is 1. The molecule has 0 saturated heterocycles. The van der Waals surface area contributed by atoms with E-state index in [1.165, 1.54) is 6.21 Å². The van der Waals surface area contributed by atoms with Gasteiger partial charge in [0.15, 0.2) is 0 Å². The van der Waals surface area contributed by atoms with Gasteiger partial charge in [-0.2, -0.15) is 0 Å². The van der Waals surface area contributed by atoms with Gasteiger partial charge in [0.05, 0.1) is 12.9 Å². The molecule has 4 N–H and O–H groups in total. The van der Waals surface area contributed by atoms with Crippen molar-refractivity contribution >= 4 is 17.9 Å². The summed E-state index contributed by atoms with van der Waals surface area (Å²) in [7, 11) is 0. The molecule has 0 aliphatic heterocycles. The molecule has 166 valence electrons. The first-order valence-corrected chi connectivity index (χ1v) is 10.6. The Labute approximate surface area is 187 Å². The first kappa shape index (κ1) is 22.9. The number of nitrogens with one attached hydrogen (secondary N) is 1. The van der Waals surface area contributed by atoms with Gasteiger partial charge in [-0.1, -0.05) is 42.5 Å². The third-order valence-corrected chi connectivity index (χ3v) is 5.17. The molecule has 0 unspecified atom stereocenters. The molecular formula is C26H28N2O4. The van der Waals surface area contributed by atoms with Gasteiger partial charge in [-0.05, 0) is 54.2 Å². The highest BCUT2D eigenvalue weighted by atomic mass is 16.5. The van der Waals surface area contributed by atoms with E-state index in [-0.39, 0.29) is 6.42 Å². The van der Waals surface area contributed by atoms with Crippen molar-refractivity contribution in [2.75, 3.05) is 6.61 Å². The van der Waals surface area contributed by atoms with E-state index in [1.807, 2.05) is 60.7 Å². The van der Waals surface area contributed by atoms with Crippen LogP contribution in [0.2, 0.25) is 0 Å². The van der Waals surface area contributed by atoms with Gasteiger partial charge >= 0.3 is 5.97 Å². The fraction of sp³-hybridized carbons (Fsp3) is 0.231. The minimum Gasteiger partial charge on any atom is -0.493 e. The fourth-order valence-electron chi connectivity index (χ4n) is 3.40. The van der Waals surface area contributed by atoms with Crippen LogP contribution in [0.3, 0.4) is 0 Å². The van der Waals surface area contributed by atoms with Crippen LogP contribution >= 0.6 is 0 Å². The Kier molecular flexibility index (Phi) is 8.26. The molecule has 1 heterocycles. The molecule has 0 amide bonds. The van der Waals surface area contributed by atoms with Crippen LogP contribution in [0.1, 0.15) is 36.8 Å². The van der Waals surface area contributed by atoms with Gasteiger partial charge in [0.1, 0.15) is 11.5 Å². The second-order valence-electron chi connectivity index (χ2n) is 7.48. The summed E-state index contributed by atoms with van der Waals surface area (Å²) >= 11 is 0. The minimum atomic E-state index is -0.768. The molecule has 0 bridgehead atoms. The van der Waals surface area contributed by atoms with Crippen LogP contribution in [0.25, 0.3) is 17.0 Å². The highest BCUT2D eigenvalue weighted by molar-refractivity contribution is 5.89. The van der Waals surface area contributed by atoms with Gasteiger partial charge in [-0.15, -0.1) is 0 Å². The summed E-state index contributed by atoms with van der Waals surface area (Å²) < 4.78 is 11.4. The summed E-state index contributed by atoms with van der Waals surface area (Å²) in [4.78, 5) is 10.6. The molecule has 1 aromatic heterocycles. The van der Waals surface area contributed by atoms with Crippen molar-refractivity contribution in [3.63, 3.8) is 0 Å². The molecule has 6 heteroatoms. The Hall–Kier alpha value is -3.80. The van der Waals surface area contributed by atoms with Crippen LogP contribution in [0, 0.1) is 5.41 Å². The zero-order chi connectivity index (χ0) is 22.8. The molecule has 0 spiro atoms. The number of benzene rings is 2. The van der Waals surface area contributed by atoms with Crippen molar-refractivity contribution < 1.29 is 19.1 Å². The monoisotopic (exact) mass is 432 g/mol. The maximum Gasteiger partial charge on any atom is 0.303 e.